The van der Waals surface area contributed by atoms with Crippen LogP contribution in [0.4, 0.5) is 0 Å². The highest BCUT2D eigenvalue weighted by Gasteiger charge is 2.40. The monoisotopic (exact) mass is 234 g/mol. The number of hydrogen-bond acceptors (Lipinski definition) is 3. The lowest BCUT2D eigenvalue weighted by molar-refractivity contribution is -0.143. The van der Waals surface area contributed by atoms with Gasteiger partial charge in [0.05, 0.1) is 6.61 Å². The predicted octanol–water partition coefficient (Wildman–Crippen LogP) is 2.76. The molecule has 1 aliphatic carbocycles. The van der Waals surface area contributed by atoms with E-state index in [4.69, 9.17) is 4.74 Å². The minimum Gasteiger partial charge on any atom is -0.508 e. The van der Waals surface area contributed by atoms with E-state index in [0.29, 0.717) is 30.6 Å². The fourth-order valence-electron chi connectivity index (χ4n) is 2.22. The molecular formula is C14H18O3. The second-order valence-electron chi connectivity index (χ2n) is 4.66. The van der Waals surface area contributed by atoms with E-state index < -0.39 is 0 Å². The summed E-state index contributed by atoms with van der Waals surface area (Å²) in [5.74, 6) is 1.10. The quantitative estimate of drug-likeness (QED) is 0.815. The Balaban J connectivity index is 1.93. The van der Waals surface area contributed by atoms with E-state index in [1.807, 2.05) is 26.0 Å². The number of esters is 1. The third kappa shape index (κ3) is 2.78. The van der Waals surface area contributed by atoms with Gasteiger partial charge >= 0.3 is 5.97 Å². The summed E-state index contributed by atoms with van der Waals surface area (Å²) in [6.45, 7) is 4.17. The van der Waals surface area contributed by atoms with Gasteiger partial charge in [0.15, 0.2) is 0 Å². The lowest BCUT2D eigenvalue weighted by Crippen LogP contribution is -2.04. The van der Waals surface area contributed by atoms with E-state index in [-0.39, 0.29) is 5.97 Å². The van der Waals surface area contributed by atoms with Gasteiger partial charge in [-0.15, -0.1) is 0 Å². The Morgan fingerprint density at radius 2 is 2.29 bits per heavy atom. The van der Waals surface area contributed by atoms with Crippen LogP contribution in [0.25, 0.3) is 0 Å². The number of benzene rings is 1. The van der Waals surface area contributed by atoms with E-state index in [1.54, 1.807) is 6.07 Å². The second-order valence-corrected chi connectivity index (χ2v) is 4.66. The summed E-state index contributed by atoms with van der Waals surface area (Å²) >= 11 is 0. The Hall–Kier alpha value is -1.51. The maximum Gasteiger partial charge on any atom is 0.306 e. The summed E-state index contributed by atoms with van der Waals surface area (Å²) in [5, 5.41) is 9.45. The molecule has 3 nitrogen and oxygen atoms in total. The van der Waals surface area contributed by atoms with Crippen molar-refractivity contribution in [2.75, 3.05) is 6.61 Å². The molecule has 3 heteroatoms. The number of carbonyl (C=O) groups is 1. The number of rotatable bonds is 4. The largest absolute Gasteiger partial charge is 0.508 e. The highest BCUT2D eigenvalue weighted by molar-refractivity contribution is 5.70. The molecule has 0 spiro atoms. The first-order chi connectivity index (χ1) is 8.11. The van der Waals surface area contributed by atoms with Crippen LogP contribution in [0.5, 0.6) is 5.75 Å². The Labute approximate surface area is 101 Å². The van der Waals surface area contributed by atoms with Crippen molar-refractivity contribution in [1.29, 1.82) is 0 Å². The maximum absolute atomic E-state index is 11.3. The highest BCUT2D eigenvalue weighted by atomic mass is 16.5. The molecule has 92 valence electrons. The summed E-state index contributed by atoms with van der Waals surface area (Å²) < 4.78 is 4.94. The number of phenolic OH excluding ortho intramolecular Hbond substituents is 1. The molecule has 0 saturated heterocycles. The molecule has 0 bridgehead atoms. The van der Waals surface area contributed by atoms with E-state index >= 15 is 0 Å². The van der Waals surface area contributed by atoms with Crippen LogP contribution in [-0.4, -0.2) is 17.7 Å². The molecule has 0 aromatic heterocycles. The normalized spacial score (nSPS) is 22.2. The van der Waals surface area contributed by atoms with Gasteiger partial charge in [0.25, 0.3) is 0 Å². The Kier molecular flexibility index (Phi) is 3.36. The van der Waals surface area contributed by atoms with Crippen molar-refractivity contribution < 1.29 is 14.6 Å². The second kappa shape index (κ2) is 4.78. The third-order valence-corrected chi connectivity index (χ3v) is 3.31. The topological polar surface area (TPSA) is 46.5 Å². The Bertz CT molecular complexity index is 425. The minimum atomic E-state index is -0.101. The van der Waals surface area contributed by atoms with Gasteiger partial charge in [-0.05, 0) is 49.3 Å². The lowest BCUT2D eigenvalue weighted by atomic mass is 10.0. The summed E-state index contributed by atoms with van der Waals surface area (Å²) in [7, 11) is 0. The first-order valence-corrected chi connectivity index (χ1v) is 6.07. The standard InChI is InChI=1S/C14H18O3/c1-3-17-14(16)8-11-7-12(11)10-4-5-13(15)9(2)6-10/h4-6,11-12,15H,3,7-8H2,1-2H3. The van der Waals surface area contributed by atoms with Crippen LogP contribution >= 0.6 is 0 Å². The van der Waals surface area contributed by atoms with Crippen LogP contribution in [-0.2, 0) is 9.53 Å². The zero-order valence-electron chi connectivity index (χ0n) is 10.3. The first kappa shape index (κ1) is 12.0. The lowest BCUT2D eigenvalue weighted by Gasteiger charge is -2.04. The van der Waals surface area contributed by atoms with E-state index in [9.17, 15) is 9.90 Å². The predicted molar refractivity (Wildman–Crippen MR) is 64.9 cm³/mol. The number of ether oxygens (including phenoxy) is 1. The van der Waals surface area contributed by atoms with Crippen molar-refractivity contribution in [2.24, 2.45) is 5.92 Å². The van der Waals surface area contributed by atoms with E-state index in [1.165, 1.54) is 5.56 Å². The first-order valence-electron chi connectivity index (χ1n) is 6.07. The number of carbonyl (C=O) groups excluding carboxylic acids is 1. The molecule has 1 aromatic rings. The van der Waals surface area contributed by atoms with Crippen LogP contribution in [0, 0.1) is 12.8 Å². The number of aryl methyl sites for hydroxylation is 1. The molecule has 1 N–H and O–H groups in total. The molecule has 0 aliphatic heterocycles. The van der Waals surface area contributed by atoms with Crippen molar-refractivity contribution in [2.45, 2.75) is 32.6 Å². The van der Waals surface area contributed by atoms with Crippen molar-refractivity contribution in [3.63, 3.8) is 0 Å². The van der Waals surface area contributed by atoms with Crippen LogP contribution in [0.3, 0.4) is 0 Å². The highest BCUT2D eigenvalue weighted by Crippen LogP contribution is 2.50. The van der Waals surface area contributed by atoms with Crippen LogP contribution in [0.1, 0.15) is 36.8 Å². The van der Waals surface area contributed by atoms with Crippen molar-refractivity contribution in [3.8, 4) is 5.75 Å². The van der Waals surface area contributed by atoms with Gasteiger partial charge in [-0.25, -0.2) is 0 Å². The summed E-state index contributed by atoms with van der Waals surface area (Å²) in [4.78, 5) is 11.3. The molecule has 17 heavy (non-hydrogen) atoms. The average molecular weight is 234 g/mol. The van der Waals surface area contributed by atoms with Gasteiger partial charge < -0.3 is 9.84 Å². The summed E-state index contributed by atoms with van der Waals surface area (Å²) in [5.41, 5.74) is 2.11. The van der Waals surface area contributed by atoms with Crippen molar-refractivity contribution in [1.82, 2.24) is 0 Å². The minimum absolute atomic E-state index is 0.101. The molecular weight excluding hydrogens is 216 g/mol. The van der Waals surface area contributed by atoms with E-state index in [2.05, 4.69) is 0 Å². The smallest absolute Gasteiger partial charge is 0.306 e. The third-order valence-electron chi connectivity index (χ3n) is 3.31. The molecule has 1 aliphatic rings. The molecule has 2 rings (SSSR count). The Morgan fingerprint density at radius 1 is 1.53 bits per heavy atom. The molecule has 1 saturated carbocycles. The van der Waals surface area contributed by atoms with Gasteiger partial charge in [0.1, 0.15) is 5.75 Å². The molecule has 0 amide bonds. The molecule has 0 heterocycles. The molecule has 1 aromatic carbocycles. The van der Waals surface area contributed by atoms with Crippen LogP contribution < -0.4 is 0 Å². The molecule has 2 atom stereocenters. The zero-order valence-corrected chi connectivity index (χ0v) is 10.3. The van der Waals surface area contributed by atoms with Gasteiger partial charge in [-0.2, -0.15) is 0 Å². The van der Waals surface area contributed by atoms with E-state index in [0.717, 1.165) is 12.0 Å². The fraction of sp³-hybridized carbons (Fsp3) is 0.500. The maximum atomic E-state index is 11.3. The van der Waals surface area contributed by atoms with Crippen molar-refractivity contribution in [3.05, 3.63) is 29.3 Å². The molecule has 1 fully saturated rings. The Morgan fingerprint density at radius 3 is 2.94 bits per heavy atom. The number of hydrogen-bond donors (Lipinski definition) is 1. The van der Waals surface area contributed by atoms with Crippen LogP contribution in [0.15, 0.2) is 18.2 Å². The fourth-order valence-corrected chi connectivity index (χ4v) is 2.22. The average Bonchev–Trinajstić information content (AvgIpc) is 3.01. The molecule has 2 unspecified atom stereocenters. The van der Waals surface area contributed by atoms with Gasteiger partial charge in [0, 0.05) is 6.42 Å². The molecule has 0 radical (unpaired) electrons. The van der Waals surface area contributed by atoms with Gasteiger partial charge in [-0.3, -0.25) is 4.79 Å². The SMILES string of the molecule is CCOC(=O)CC1CC1c1ccc(O)c(C)c1. The van der Waals surface area contributed by atoms with Gasteiger partial charge in [-0.1, -0.05) is 12.1 Å². The summed E-state index contributed by atoms with van der Waals surface area (Å²) in [6.07, 6.45) is 1.56. The zero-order chi connectivity index (χ0) is 12.4. The summed E-state index contributed by atoms with van der Waals surface area (Å²) in [6, 6.07) is 5.67. The van der Waals surface area contributed by atoms with Gasteiger partial charge in [0.2, 0.25) is 0 Å². The number of phenols is 1. The number of aromatic hydroxyl groups is 1. The van der Waals surface area contributed by atoms with Crippen molar-refractivity contribution >= 4 is 5.97 Å². The van der Waals surface area contributed by atoms with Crippen LogP contribution in [0.2, 0.25) is 0 Å².